The van der Waals surface area contributed by atoms with Crippen LogP contribution >= 0.6 is 0 Å². The second-order valence-electron chi connectivity index (χ2n) is 5.28. The van der Waals surface area contributed by atoms with Crippen LogP contribution in [-0.4, -0.2) is 0 Å². The van der Waals surface area contributed by atoms with Crippen molar-refractivity contribution in [3.05, 3.63) is 71.9 Å². The summed E-state index contributed by atoms with van der Waals surface area (Å²) < 4.78 is 0. The van der Waals surface area contributed by atoms with E-state index in [4.69, 9.17) is 0 Å². The molecule has 0 nitrogen and oxygen atoms in total. The van der Waals surface area contributed by atoms with Crippen LogP contribution in [0.4, 0.5) is 0 Å². The smallest absolute Gasteiger partial charge is 0.0291 e. The average Bonchev–Trinajstić information content (AvgIpc) is 2.38. The van der Waals surface area contributed by atoms with E-state index in [2.05, 4.69) is 78.2 Å². The highest BCUT2D eigenvalue weighted by molar-refractivity contribution is 5.20. The molecule has 0 spiro atoms. The Kier molecular flexibility index (Phi) is 14.4. The summed E-state index contributed by atoms with van der Waals surface area (Å²) in [6.45, 7) is 19.9. The van der Waals surface area contributed by atoms with Gasteiger partial charge in [0.1, 0.15) is 0 Å². The van der Waals surface area contributed by atoms with Crippen molar-refractivity contribution in [2.45, 2.75) is 54.4 Å². The average molecular weight is 272 g/mol. The van der Waals surface area contributed by atoms with E-state index in [-0.39, 0.29) is 0 Å². The first-order valence-corrected chi connectivity index (χ1v) is 7.21. The van der Waals surface area contributed by atoms with Gasteiger partial charge < -0.3 is 0 Å². The Morgan fingerprint density at radius 2 is 1.60 bits per heavy atom. The minimum atomic E-state index is 1.09. The molecule has 0 fully saturated rings. The molecule has 0 aromatic heterocycles. The molecule has 0 aromatic rings. The maximum absolute atomic E-state index is 3.82. The lowest BCUT2D eigenvalue weighted by molar-refractivity contribution is 0.977. The molecule has 0 saturated carbocycles. The number of hydrogen-bond acceptors (Lipinski definition) is 0. The van der Waals surface area contributed by atoms with E-state index in [0.29, 0.717) is 0 Å². The predicted molar refractivity (Wildman–Crippen MR) is 96.0 cm³/mol. The van der Waals surface area contributed by atoms with Crippen molar-refractivity contribution in [1.82, 2.24) is 0 Å². The van der Waals surface area contributed by atoms with Crippen LogP contribution in [0.5, 0.6) is 0 Å². The Labute approximate surface area is 127 Å². The molecule has 0 aliphatic carbocycles. The summed E-state index contributed by atoms with van der Waals surface area (Å²) in [6.07, 6.45) is 14.6. The summed E-state index contributed by atoms with van der Waals surface area (Å²) in [5.41, 5.74) is 5.13. The maximum Gasteiger partial charge on any atom is -0.0291 e. The lowest BCUT2D eigenvalue weighted by Crippen LogP contribution is -1.73. The summed E-state index contributed by atoms with van der Waals surface area (Å²) in [7, 11) is 0. The summed E-state index contributed by atoms with van der Waals surface area (Å²) in [5.74, 6) is 0. The van der Waals surface area contributed by atoms with Crippen molar-refractivity contribution in [2.24, 2.45) is 0 Å². The topological polar surface area (TPSA) is 0 Å². The zero-order valence-electron chi connectivity index (χ0n) is 14.3. The van der Waals surface area contributed by atoms with Crippen molar-refractivity contribution < 1.29 is 0 Å². The highest BCUT2D eigenvalue weighted by Crippen LogP contribution is 2.04. The third kappa shape index (κ3) is 18.8. The van der Waals surface area contributed by atoms with Crippen LogP contribution in [-0.2, 0) is 0 Å². The van der Waals surface area contributed by atoms with E-state index in [0.717, 1.165) is 12.8 Å². The first kappa shape index (κ1) is 20.8. The van der Waals surface area contributed by atoms with Gasteiger partial charge in [-0.05, 0) is 54.4 Å². The Balaban J connectivity index is 0. The first-order chi connectivity index (χ1) is 9.33. The number of rotatable bonds is 6. The highest BCUT2D eigenvalue weighted by atomic mass is 13.9. The largest absolute Gasteiger partial charge is 0.100 e. The molecule has 0 atom stereocenters. The normalized spacial score (nSPS) is 11.7. The van der Waals surface area contributed by atoms with Gasteiger partial charge in [0.25, 0.3) is 0 Å². The van der Waals surface area contributed by atoms with Crippen molar-refractivity contribution in [2.75, 3.05) is 0 Å². The monoisotopic (exact) mass is 272 g/mol. The molecule has 0 N–H and O–H groups in total. The van der Waals surface area contributed by atoms with Gasteiger partial charge in [-0.3, -0.25) is 0 Å². The lowest BCUT2D eigenvalue weighted by atomic mass is 10.1. The summed E-state index contributed by atoms with van der Waals surface area (Å²) in [5, 5.41) is 0. The number of hydrogen-bond donors (Lipinski definition) is 0. The van der Waals surface area contributed by atoms with Gasteiger partial charge in [0, 0.05) is 0 Å². The molecule has 0 radical (unpaired) electrons. The molecule has 0 aromatic carbocycles. The van der Waals surface area contributed by atoms with Crippen LogP contribution in [0.3, 0.4) is 0 Å². The van der Waals surface area contributed by atoms with Gasteiger partial charge in [-0.15, -0.1) is 6.58 Å². The van der Waals surface area contributed by atoms with E-state index in [9.17, 15) is 0 Å². The fraction of sp³-hybridized carbons (Fsp3) is 0.400. The van der Waals surface area contributed by atoms with E-state index >= 15 is 0 Å². The second-order valence-corrected chi connectivity index (χ2v) is 5.28. The molecule has 0 bridgehead atoms. The van der Waals surface area contributed by atoms with Crippen molar-refractivity contribution >= 4 is 0 Å². The van der Waals surface area contributed by atoms with Gasteiger partial charge in [-0.25, -0.2) is 0 Å². The molecular formula is C20H32. The van der Waals surface area contributed by atoms with Crippen LogP contribution in [0.1, 0.15) is 54.4 Å². The third-order valence-electron chi connectivity index (χ3n) is 2.60. The zero-order chi connectivity index (χ0) is 16.0. The fourth-order valence-corrected chi connectivity index (χ4v) is 1.12. The molecule has 112 valence electrons. The minimum Gasteiger partial charge on any atom is -0.100 e. The molecule has 20 heavy (non-hydrogen) atoms. The number of allylic oxidation sites excluding steroid dienone is 10. The Morgan fingerprint density at radius 3 is 2.00 bits per heavy atom. The van der Waals surface area contributed by atoms with Crippen molar-refractivity contribution in [1.29, 1.82) is 0 Å². The highest BCUT2D eigenvalue weighted by Gasteiger charge is 1.83. The molecule has 0 unspecified atom stereocenters. The van der Waals surface area contributed by atoms with Crippen LogP contribution in [0.25, 0.3) is 0 Å². The van der Waals surface area contributed by atoms with Crippen LogP contribution in [0, 0.1) is 0 Å². The van der Waals surface area contributed by atoms with E-state index in [1.807, 2.05) is 13.0 Å². The minimum absolute atomic E-state index is 1.09. The Hall–Kier alpha value is -1.56. The molecule has 0 amide bonds. The van der Waals surface area contributed by atoms with E-state index in [1.165, 1.54) is 22.3 Å². The molecule has 0 rings (SSSR count). The van der Waals surface area contributed by atoms with E-state index in [1.54, 1.807) is 0 Å². The van der Waals surface area contributed by atoms with Gasteiger partial charge in [-0.1, -0.05) is 65.3 Å². The van der Waals surface area contributed by atoms with Gasteiger partial charge in [-0.2, -0.15) is 0 Å². The Morgan fingerprint density at radius 1 is 1.00 bits per heavy atom. The van der Waals surface area contributed by atoms with Gasteiger partial charge >= 0.3 is 0 Å². The van der Waals surface area contributed by atoms with Gasteiger partial charge in [0.15, 0.2) is 0 Å². The van der Waals surface area contributed by atoms with Gasteiger partial charge in [0.05, 0.1) is 0 Å². The van der Waals surface area contributed by atoms with Crippen molar-refractivity contribution in [3.8, 4) is 0 Å². The van der Waals surface area contributed by atoms with Gasteiger partial charge in [0.2, 0.25) is 0 Å². The van der Waals surface area contributed by atoms with Crippen molar-refractivity contribution in [3.63, 3.8) is 0 Å². The molecule has 0 aliphatic rings. The SMILES string of the molecule is C/C=C(C)/C=C/C=C(C)C.C=C/C(C)=C/CCC(=C)C. The zero-order valence-corrected chi connectivity index (χ0v) is 14.3. The molecule has 0 saturated heterocycles. The first-order valence-electron chi connectivity index (χ1n) is 7.21. The standard InChI is InChI=1S/2C10H16/c2*1-5-10(4)8-6-7-9(2)3/h5-8H,1-4H3;5,8H,1-2,6-7H2,3-4H3/b8-6+,10-5+;10-8+. The molecular weight excluding hydrogens is 240 g/mol. The lowest BCUT2D eigenvalue weighted by Gasteiger charge is -1.93. The van der Waals surface area contributed by atoms with Crippen LogP contribution in [0.2, 0.25) is 0 Å². The quantitative estimate of drug-likeness (QED) is 0.362. The molecule has 0 aliphatic heterocycles. The van der Waals surface area contributed by atoms with Crippen LogP contribution in [0.15, 0.2) is 71.9 Å². The summed E-state index contributed by atoms with van der Waals surface area (Å²) in [6, 6.07) is 0. The predicted octanol–water partition coefficient (Wildman–Crippen LogP) is 6.95. The maximum atomic E-state index is 3.82. The molecule has 0 heterocycles. The third-order valence-corrected chi connectivity index (χ3v) is 2.60. The summed E-state index contributed by atoms with van der Waals surface area (Å²) >= 11 is 0. The summed E-state index contributed by atoms with van der Waals surface area (Å²) in [4.78, 5) is 0. The van der Waals surface area contributed by atoms with Crippen LogP contribution < -0.4 is 0 Å². The Bertz CT molecular complexity index is 394. The van der Waals surface area contributed by atoms with E-state index < -0.39 is 0 Å². The second kappa shape index (κ2) is 13.9. The fourth-order valence-electron chi connectivity index (χ4n) is 1.12. The molecule has 0 heteroatoms.